The number of hydrogen-bond acceptors (Lipinski definition) is 3. The Morgan fingerprint density at radius 1 is 1.14 bits per heavy atom. The Hall–Kier alpha value is -1.76. The number of hydrogen-bond donors (Lipinski definition) is 2. The van der Waals surface area contributed by atoms with Crippen LogP contribution in [0.1, 0.15) is 15.9 Å². The van der Waals surface area contributed by atoms with Gasteiger partial charge in [0.2, 0.25) is 5.91 Å². The van der Waals surface area contributed by atoms with E-state index in [-0.39, 0.29) is 21.2 Å². The summed E-state index contributed by atoms with van der Waals surface area (Å²) in [5.74, 6) is -0.745. The van der Waals surface area contributed by atoms with Crippen molar-refractivity contribution in [3.63, 3.8) is 0 Å². The molecule has 3 N–H and O–H groups in total. The van der Waals surface area contributed by atoms with Crippen LogP contribution >= 0.6 is 23.2 Å². The zero-order valence-corrected chi connectivity index (χ0v) is 13.8. The van der Waals surface area contributed by atoms with E-state index in [2.05, 4.69) is 4.72 Å². The number of nitrogens with one attached hydrogen (secondary N) is 1. The van der Waals surface area contributed by atoms with E-state index in [1.807, 2.05) is 0 Å². The predicted octanol–water partition coefficient (Wildman–Crippen LogP) is 3.20. The van der Waals surface area contributed by atoms with Crippen molar-refractivity contribution in [3.05, 3.63) is 57.6 Å². The van der Waals surface area contributed by atoms with Gasteiger partial charge in [0.1, 0.15) is 0 Å². The Bertz CT molecular complexity index is 851. The van der Waals surface area contributed by atoms with E-state index in [9.17, 15) is 13.2 Å². The lowest BCUT2D eigenvalue weighted by molar-refractivity contribution is 0.100. The van der Waals surface area contributed by atoms with Crippen molar-refractivity contribution < 1.29 is 13.2 Å². The third kappa shape index (κ3) is 3.52. The Kier molecular flexibility index (Phi) is 4.65. The summed E-state index contributed by atoms with van der Waals surface area (Å²) in [6, 6.07) is 8.67. The van der Waals surface area contributed by atoms with Crippen LogP contribution in [0.4, 0.5) is 5.69 Å². The third-order valence-corrected chi connectivity index (χ3v) is 5.01. The van der Waals surface area contributed by atoms with Crippen LogP contribution in [0.25, 0.3) is 0 Å². The molecule has 2 aromatic rings. The normalized spacial score (nSPS) is 11.2. The summed E-state index contributed by atoms with van der Waals surface area (Å²) in [7, 11) is -3.85. The predicted molar refractivity (Wildman–Crippen MR) is 87.0 cm³/mol. The van der Waals surface area contributed by atoms with Gasteiger partial charge in [-0.15, -0.1) is 0 Å². The molecule has 8 heteroatoms. The maximum Gasteiger partial charge on any atom is 0.262 e. The van der Waals surface area contributed by atoms with Crippen LogP contribution in [0.15, 0.2) is 41.3 Å². The van der Waals surface area contributed by atoms with Crippen molar-refractivity contribution in [1.82, 2.24) is 0 Å². The topological polar surface area (TPSA) is 89.3 Å². The quantitative estimate of drug-likeness (QED) is 0.879. The minimum atomic E-state index is -3.85. The Morgan fingerprint density at radius 3 is 2.45 bits per heavy atom. The molecule has 0 saturated carbocycles. The number of nitrogens with two attached hydrogens (primary N) is 1. The molecule has 0 spiro atoms. The molecule has 0 saturated heterocycles. The lowest BCUT2D eigenvalue weighted by atomic mass is 10.2. The number of carbonyl (C=O) groups is 1. The second-order valence-corrected chi connectivity index (χ2v) is 7.07. The summed E-state index contributed by atoms with van der Waals surface area (Å²) >= 11 is 11.7. The Labute approximate surface area is 138 Å². The first-order chi connectivity index (χ1) is 10.2. The molecule has 22 heavy (non-hydrogen) atoms. The highest BCUT2D eigenvalue weighted by atomic mass is 35.5. The number of aryl methyl sites for hydroxylation is 1. The van der Waals surface area contributed by atoms with Crippen molar-refractivity contribution in [2.75, 3.05) is 4.72 Å². The first-order valence-corrected chi connectivity index (χ1v) is 8.33. The van der Waals surface area contributed by atoms with Crippen molar-refractivity contribution in [2.45, 2.75) is 11.8 Å². The maximum atomic E-state index is 12.4. The van der Waals surface area contributed by atoms with E-state index < -0.39 is 15.9 Å². The SMILES string of the molecule is Cc1ccc(Cl)cc1S(=O)(=O)Nc1ccc(Cl)c(C(N)=O)c1. The number of benzene rings is 2. The number of anilines is 1. The second-order valence-electron chi connectivity index (χ2n) is 4.57. The molecule has 2 aromatic carbocycles. The summed E-state index contributed by atoms with van der Waals surface area (Å²) in [4.78, 5) is 11.3. The van der Waals surface area contributed by atoms with Crippen LogP contribution in [-0.4, -0.2) is 14.3 Å². The fourth-order valence-electron chi connectivity index (χ4n) is 1.85. The summed E-state index contributed by atoms with van der Waals surface area (Å²) < 4.78 is 27.2. The molecule has 0 aromatic heterocycles. The molecule has 5 nitrogen and oxygen atoms in total. The number of primary amides is 1. The number of rotatable bonds is 4. The lowest BCUT2D eigenvalue weighted by Crippen LogP contribution is -2.16. The molecule has 0 heterocycles. The minimum Gasteiger partial charge on any atom is -0.366 e. The smallest absolute Gasteiger partial charge is 0.262 e. The standard InChI is InChI=1S/C14H12Cl2N2O3S/c1-8-2-3-9(15)6-13(8)22(20,21)18-10-4-5-12(16)11(7-10)14(17)19/h2-7,18H,1H3,(H2,17,19). The minimum absolute atomic E-state index is 0.0321. The van der Waals surface area contributed by atoms with Crippen LogP contribution in [-0.2, 0) is 10.0 Å². The highest BCUT2D eigenvalue weighted by Crippen LogP contribution is 2.25. The van der Waals surface area contributed by atoms with E-state index in [0.717, 1.165) is 0 Å². The Balaban J connectivity index is 2.43. The molecular weight excluding hydrogens is 347 g/mol. The highest BCUT2D eigenvalue weighted by Gasteiger charge is 2.18. The van der Waals surface area contributed by atoms with Gasteiger partial charge in [-0.05, 0) is 42.8 Å². The van der Waals surface area contributed by atoms with Crippen molar-refractivity contribution in [1.29, 1.82) is 0 Å². The summed E-state index contributed by atoms with van der Waals surface area (Å²) in [6.07, 6.45) is 0. The van der Waals surface area contributed by atoms with Crippen LogP contribution in [0, 0.1) is 6.92 Å². The average Bonchev–Trinajstić information content (AvgIpc) is 2.43. The van der Waals surface area contributed by atoms with Gasteiger partial charge in [0.25, 0.3) is 10.0 Å². The molecule has 1 amide bonds. The van der Waals surface area contributed by atoms with E-state index in [0.29, 0.717) is 10.6 Å². The average molecular weight is 359 g/mol. The van der Waals surface area contributed by atoms with E-state index >= 15 is 0 Å². The summed E-state index contributed by atoms with van der Waals surface area (Å²) in [6.45, 7) is 1.65. The van der Waals surface area contributed by atoms with E-state index in [4.69, 9.17) is 28.9 Å². The first kappa shape index (κ1) is 16.6. The Morgan fingerprint density at radius 2 is 1.82 bits per heavy atom. The lowest BCUT2D eigenvalue weighted by Gasteiger charge is -2.12. The van der Waals surface area contributed by atoms with E-state index in [1.165, 1.54) is 24.3 Å². The monoisotopic (exact) mass is 358 g/mol. The van der Waals surface area contributed by atoms with Gasteiger partial charge in [0.15, 0.2) is 0 Å². The zero-order chi connectivity index (χ0) is 16.5. The van der Waals surface area contributed by atoms with Gasteiger partial charge < -0.3 is 5.73 Å². The summed E-state index contributed by atoms with van der Waals surface area (Å²) in [5, 5.41) is 0.453. The number of halogens is 2. The second kappa shape index (κ2) is 6.16. The number of carbonyl (C=O) groups excluding carboxylic acids is 1. The van der Waals surface area contributed by atoms with Gasteiger partial charge in [-0.1, -0.05) is 29.3 Å². The molecule has 0 bridgehead atoms. The van der Waals surface area contributed by atoms with Crippen LogP contribution in [0.2, 0.25) is 10.0 Å². The number of amides is 1. The molecule has 0 atom stereocenters. The molecule has 0 aliphatic carbocycles. The fourth-order valence-corrected chi connectivity index (χ4v) is 3.62. The molecule has 116 valence electrons. The van der Waals surface area contributed by atoms with Gasteiger partial charge in [0, 0.05) is 10.7 Å². The van der Waals surface area contributed by atoms with Gasteiger partial charge >= 0.3 is 0 Å². The van der Waals surface area contributed by atoms with Gasteiger partial charge in [-0.25, -0.2) is 8.42 Å². The van der Waals surface area contributed by atoms with Crippen LogP contribution in [0.3, 0.4) is 0 Å². The molecule has 2 rings (SSSR count). The molecule has 0 aliphatic heterocycles. The maximum absolute atomic E-state index is 12.4. The zero-order valence-electron chi connectivity index (χ0n) is 11.4. The highest BCUT2D eigenvalue weighted by molar-refractivity contribution is 7.92. The molecule has 0 fully saturated rings. The number of sulfonamides is 1. The van der Waals surface area contributed by atoms with Crippen molar-refractivity contribution in [3.8, 4) is 0 Å². The van der Waals surface area contributed by atoms with Gasteiger partial charge in [0.05, 0.1) is 15.5 Å². The van der Waals surface area contributed by atoms with Crippen molar-refractivity contribution >= 4 is 44.8 Å². The molecule has 0 radical (unpaired) electrons. The fraction of sp³-hybridized carbons (Fsp3) is 0.0714. The van der Waals surface area contributed by atoms with Gasteiger partial charge in [-0.2, -0.15) is 0 Å². The largest absolute Gasteiger partial charge is 0.366 e. The summed E-state index contributed by atoms with van der Waals surface area (Å²) in [5.41, 5.74) is 5.94. The van der Waals surface area contributed by atoms with Crippen LogP contribution in [0.5, 0.6) is 0 Å². The molecule has 0 unspecified atom stereocenters. The molecular formula is C14H12Cl2N2O3S. The van der Waals surface area contributed by atoms with E-state index in [1.54, 1.807) is 19.1 Å². The van der Waals surface area contributed by atoms with Crippen LogP contribution < -0.4 is 10.5 Å². The first-order valence-electron chi connectivity index (χ1n) is 6.09. The van der Waals surface area contributed by atoms with Gasteiger partial charge in [-0.3, -0.25) is 9.52 Å². The molecule has 0 aliphatic rings. The third-order valence-electron chi connectivity index (χ3n) is 2.92. The van der Waals surface area contributed by atoms with Crippen molar-refractivity contribution in [2.24, 2.45) is 5.73 Å².